The van der Waals surface area contributed by atoms with Crippen molar-refractivity contribution in [2.45, 2.75) is 12.7 Å². The van der Waals surface area contributed by atoms with Crippen LogP contribution in [0, 0.1) is 11.3 Å². The average molecular weight is 283 g/mol. The van der Waals surface area contributed by atoms with Crippen molar-refractivity contribution in [3.63, 3.8) is 0 Å². The molecule has 0 bridgehead atoms. The Morgan fingerprint density at radius 2 is 2.16 bits per heavy atom. The van der Waals surface area contributed by atoms with Crippen molar-refractivity contribution in [2.75, 3.05) is 5.32 Å². The summed E-state index contributed by atoms with van der Waals surface area (Å²) < 4.78 is 37.8. The van der Waals surface area contributed by atoms with Gasteiger partial charge in [-0.25, -0.2) is 4.98 Å². The summed E-state index contributed by atoms with van der Waals surface area (Å²) in [6.45, 7) is 0.403. The summed E-state index contributed by atoms with van der Waals surface area (Å²) in [6.07, 6.45) is -4.52. The third-order valence-corrected chi connectivity index (χ3v) is 3.04. The maximum absolute atomic E-state index is 12.6. The summed E-state index contributed by atoms with van der Waals surface area (Å²) in [4.78, 5) is 4.04. The predicted octanol–water partition coefficient (Wildman–Crippen LogP) is 3.65. The van der Waals surface area contributed by atoms with Crippen molar-refractivity contribution in [3.8, 4) is 6.07 Å². The highest BCUT2D eigenvalue weighted by atomic mass is 32.1. The maximum atomic E-state index is 12.6. The number of nitrogens with zero attached hydrogens (tertiary/aromatic N) is 2. The van der Waals surface area contributed by atoms with Gasteiger partial charge in [-0.2, -0.15) is 18.4 Å². The van der Waals surface area contributed by atoms with Gasteiger partial charge >= 0.3 is 6.18 Å². The minimum Gasteiger partial charge on any atom is -0.379 e. The van der Waals surface area contributed by atoms with Gasteiger partial charge in [0, 0.05) is 11.1 Å². The molecule has 2 rings (SSSR count). The van der Waals surface area contributed by atoms with Gasteiger partial charge in [0.1, 0.15) is 0 Å². The molecule has 0 atom stereocenters. The van der Waals surface area contributed by atoms with Crippen LogP contribution in [0.1, 0.15) is 16.8 Å². The monoisotopic (exact) mass is 283 g/mol. The SMILES string of the molecule is N#Cc1cc(NCc2cscn2)ccc1C(F)(F)F. The molecule has 7 heteroatoms. The van der Waals surface area contributed by atoms with E-state index in [0.29, 0.717) is 12.2 Å². The van der Waals surface area contributed by atoms with Crippen LogP contribution in [0.4, 0.5) is 18.9 Å². The van der Waals surface area contributed by atoms with E-state index in [1.165, 1.54) is 23.5 Å². The molecule has 0 unspecified atom stereocenters. The molecule has 0 aliphatic carbocycles. The minimum absolute atomic E-state index is 0.393. The van der Waals surface area contributed by atoms with E-state index in [0.717, 1.165) is 11.8 Å². The van der Waals surface area contributed by atoms with Gasteiger partial charge in [-0.3, -0.25) is 0 Å². The third-order valence-electron chi connectivity index (χ3n) is 2.40. The number of nitrogens with one attached hydrogen (secondary N) is 1. The molecule has 0 saturated carbocycles. The first-order valence-corrected chi connectivity index (χ1v) is 6.17. The van der Waals surface area contributed by atoms with E-state index in [4.69, 9.17) is 5.26 Å². The zero-order valence-corrected chi connectivity index (χ0v) is 10.3. The van der Waals surface area contributed by atoms with Gasteiger partial charge < -0.3 is 5.32 Å². The number of halogens is 3. The third kappa shape index (κ3) is 3.23. The molecule has 0 amide bonds. The predicted molar refractivity (Wildman–Crippen MR) is 65.6 cm³/mol. The highest BCUT2D eigenvalue weighted by molar-refractivity contribution is 7.07. The number of rotatable bonds is 3. The molecule has 0 aliphatic heterocycles. The van der Waals surface area contributed by atoms with Gasteiger partial charge in [-0.1, -0.05) is 0 Å². The van der Waals surface area contributed by atoms with Crippen LogP contribution in [-0.2, 0) is 12.7 Å². The lowest BCUT2D eigenvalue weighted by Gasteiger charge is -2.11. The fourth-order valence-electron chi connectivity index (χ4n) is 1.51. The second kappa shape index (κ2) is 5.28. The lowest BCUT2D eigenvalue weighted by Crippen LogP contribution is -2.08. The normalized spacial score (nSPS) is 11.1. The van der Waals surface area contributed by atoms with Crippen molar-refractivity contribution in [1.82, 2.24) is 4.98 Å². The Kier molecular flexibility index (Phi) is 3.71. The molecule has 0 aliphatic rings. The van der Waals surface area contributed by atoms with E-state index in [-0.39, 0.29) is 0 Å². The van der Waals surface area contributed by atoms with Crippen LogP contribution in [-0.4, -0.2) is 4.98 Å². The highest BCUT2D eigenvalue weighted by Crippen LogP contribution is 2.33. The number of aromatic nitrogens is 1. The summed E-state index contributed by atoms with van der Waals surface area (Å²) in [5.41, 5.74) is 1.61. The topological polar surface area (TPSA) is 48.7 Å². The van der Waals surface area contributed by atoms with Crippen LogP contribution in [0.5, 0.6) is 0 Å². The zero-order valence-electron chi connectivity index (χ0n) is 9.53. The summed E-state index contributed by atoms with van der Waals surface area (Å²) >= 11 is 1.44. The summed E-state index contributed by atoms with van der Waals surface area (Å²) in [6, 6.07) is 4.96. The van der Waals surface area contributed by atoms with Crippen LogP contribution in [0.15, 0.2) is 29.1 Å². The molecule has 1 heterocycles. The lowest BCUT2D eigenvalue weighted by atomic mass is 10.1. The number of benzene rings is 1. The van der Waals surface area contributed by atoms with Crippen LogP contribution in [0.3, 0.4) is 0 Å². The molecular weight excluding hydrogens is 275 g/mol. The Bertz CT molecular complexity index is 600. The first-order valence-electron chi connectivity index (χ1n) is 5.23. The van der Waals surface area contributed by atoms with Crippen LogP contribution >= 0.6 is 11.3 Å². The van der Waals surface area contributed by atoms with E-state index in [9.17, 15) is 13.2 Å². The van der Waals surface area contributed by atoms with E-state index < -0.39 is 17.3 Å². The van der Waals surface area contributed by atoms with Crippen molar-refractivity contribution in [3.05, 3.63) is 45.9 Å². The smallest absolute Gasteiger partial charge is 0.379 e. The average Bonchev–Trinajstić information content (AvgIpc) is 2.88. The summed E-state index contributed by atoms with van der Waals surface area (Å²) in [5, 5.41) is 13.5. The number of anilines is 1. The molecule has 1 aromatic carbocycles. The second-order valence-electron chi connectivity index (χ2n) is 3.70. The van der Waals surface area contributed by atoms with Gasteiger partial charge in [0.2, 0.25) is 0 Å². The van der Waals surface area contributed by atoms with Gasteiger partial charge in [-0.05, 0) is 18.2 Å². The van der Waals surface area contributed by atoms with E-state index >= 15 is 0 Å². The van der Waals surface area contributed by atoms with Gasteiger partial charge in [-0.15, -0.1) is 11.3 Å². The Hall–Kier alpha value is -2.07. The van der Waals surface area contributed by atoms with Gasteiger partial charge in [0.15, 0.2) is 0 Å². The second-order valence-corrected chi connectivity index (χ2v) is 4.42. The fourth-order valence-corrected chi connectivity index (χ4v) is 2.07. The van der Waals surface area contributed by atoms with Gasteiger partial charge in [0.25, 0.3) is 0 Å². The van der Waals surface area contributed by atoms with E-state index in [1.807, 2.05) is 5.38 Å². The largest absolute Gasteiger partial charge is 0.417 e. The number of nitriles is 1. The quantitative estimate of drug-likeness (QED) is 0.935. The van der Waals surface area contributed by atoms with Crippen molar-refractivity contribution >= 4 is 17.0 Å². The molecule has 2 aromatic rings. The van der Waals surface area contributed by atoms with E-state index in [1.54, 1.807) is 11.6 Å². The lowest BCUT2D eigenvalue weighted by molar-refractivity contribution is -0.137. The summed E-state index contributed by atoms with van der Waals surface area (Å²) in [7, 11) is 0. The molecule has 0 fully saturated rings. The Morgan fingerprint density at radius 1 is 1.37 bits per heavy atom. The van der Waals surface area contributed by atoms with Crippen LogP contribution in [0.25, 0.3) is 0 Å². The van der Waals surface area contributed by atoms with Crippen molar-refractivity contribution in [1.29, 1.82) is 5.26 Å². The minimum atomic E-state index is -4.52. The first-order chi connectivity index (χ1) is 9.00. The maximum Gasteiger partial charge on any atom is 0.417 e. The molecule has 1 aromatic heterocycles. The van der Waals surface area contributed by atoms with Crippen LogP contribution < -0.4 is 5.32 Å². The molecular formula is C12H8F3N3S. The molecule has 1 N–H and O–H groups in total. The first kappa shape index (κ1) is 13.4. The molecule has 19 heavy (non-hydrogen) atoms. The molecule has 3 nitrogen and oxygen atoms in total. The van der Waals surface area contributed by atoms with Crippen LogP contribution in [0.2, 0.25) is 0 Å². The Morgan fingerprint density at radius 3 is 2.74 bits per heavy atom. The standard InChI is InChI=1S/C12H8F3N3S/c13-12(14,15)11-2-1-9(3-8(11)4-16)17-5-10-6-19-7-18-10/h1-3,6-7,17H,5H2. The molecule has 0 saturated heterocycles. The Labute approximate surface area is 111 Å². The number of alkyl halides is 3. The number of hydrogen-bond acceptors (Lipinski definition) is 4. The van der Waals surface area contributed by atoms with E-state index in [2.05, 4.69) is 10.3 Å². The molecule has 98 valence electrons. The van der Waals surface area contributed by atoms with Gasteiger partial charge in [0.05, 0.1) is 34.9 Å². The van der Waals surface area contributed by atoms with Crippen molar-refractivity contribution < 1.29 is 13.2 Å². The Balaban J connectivity index is 2.18. The fraction of sp³-hybridized carbons (Fsp3) is 0.167. The summed E-state index contributed by atoms with van der Waals surface area (Å²) in [5.74, 6) is 0. The highest BCUT2D eigenvalue weighted by Gasteiger charge is 2.33. The number of thiazole rings is 1. The zero-order chi connectivity index (χ0) is 13.9. The molecule has 0 radical (unpaired) electrons. The van der Waals surface area contributed by atoms with Crippen molar-refractivity contribution in [2.24, 2.45) is 0 Å². The number of hydrogen-bond donors (Lipinski definition) is 1. The molecule has 0 spiro atoms.